The molecule has 0 amide bonds. The van der Waals surface area contributed by atoms with Gasteiger partial charge in [-0.2, -0.15) is 5.26 Å². The maximum atomic E-state index is 8.28. The van der Waals surface area contributed by atoms with E-state index in [0.29, 0.717) is 0 Å². The molecule has 0 N–H and O–H groups in total. The van der Waals surface area contributed by atoms with E-state index in [1.807, 2.05) is 13.0 Å². The predicted octanol–water partition coefficient (Wildman–Crippen LogP) is 1.33. The van der Waals surface area contributed by atoms with Crippen LogP contribution in [0.3, 0.4) is 0 Å². The van der Waals surface area contributed by atoms with Gasteiger partial charge in [-0.25, -0.2) is 0 Å². The molecule has 0 aromatic carbocycles. The lowest BCUT2D eigenvalue weighted by molar-refractivity contribution is 0.138. The number of rotatable bonds is 3. The van der Waals surface area contributed by atoms with Gasteiger partial charge in [0, 0.05) is 7.11 Å². The number of methoxy groups -OCH3 is 1. The number of ether oxygens (including phenoxy) is 1. The van der Waals surface area contributed by atoms with Gasteiger partial charge in [-0.1, -0.05) is 13.3 Å². The van der Waals surface area contributed by atoms with Crippen LogP contribution in [0.15, 0.2) is 0 Å². The maximum Gasteiger partial charge on any atom is 0.143 e. The zero-order valence-corrected chi connectivity index (χ0v) is 5.35. The smallest absolute Gasteiger partial charge is 0.143 e. The van der Waals surface area contributed by atoms with Gasteiger partial charge >= 0.3 is 0 Å². The molecular weight excluding hydrogens is 102 g/mol. The first kappa shape index (κ1) is 7.45. The van der Waals surface area contributed by atoms with E-state index in [4.69, 9.17) is 10.00 Å². The first-order valence-electron chi connectivity index (χ1n) is 2.77. The van der Waals surface area contributed by atoms with E-state index in [9.17, 15) is 0 Å². The Morgan fingerprint density at radius 3 is 2.50 bits per heavy atom. The molecule has 0 aromatic rings. The van der Waals surface area contributed by atoms with Crippen molar-refractivity contribution in [1.29, 1.82) is 5.26 Å². The van der Waals surface area contributed by atoms with E-state index in [0.717, 1.165) is 12.8 Å². The molecule has 0 saturated heterocycles. The van der Waals surface area contributed by atoms with Crippen LogP contribution in [0.4, 0.5) is 0 Å². The summed E-state index contributed by atoms with van der Waals surface area (Å²) in [6, 6.07) is 2.03. The minimum absolute atomic E-state index is 0.194. The van der Waals surface area contributed by atoms with Crippen LogP contribution in [0.25, 0.3) is 0 Å². The van der Waals surface area contributed by atoms with Gasteiger partial charge in [0.1, 0.15) is 6.10 Å². The van der Waals surface area contributed by atoms with Gasteiger partial charge in [0.15, 0.2) is 0 Å². The van der Waals surface area contributed by atoms with E-state index in [-0.39, 0.29) is 6.10 Å². The van der Waals surface area contributed by atoms with Gasteiger partial charge in [0.05, 0.1) is 6.07 Å². The Labute approximate surface area is 50.1 Å². The molecule has 0 rings (SSSR count). The van der Waals surface area contributed by atoms with Crippen LogP contribution in [0.2, 0.25) is 0 Å². The minimum Gasteiger partial charge on any atom is -0.367 e. The quantitative estimate of drug-likeness (QED) is 0.553. The first-order valence-corrected chi connectivity index (χ1v) is 2.77. The fraction of sp³-hybridized carbons (Fsp3) is 0.833. The summed E-state index contributed by atoms with van der Waals surface area (Å²) in [5.74, 6) is 0. The summed E-state index contributed by atoms with van der Waals surface area (Å²) in [7, 11) is 1.56. The fourth-order valence-electron chi connectivity index (χ4n) is 0.497. The lowest BCUT2D eigenvalue weighted by atomic mass is 10.2. The third-order valence-corrected chi connectivity index (χ3v) is 0.979. The van der Waals surface area contributed by atoms with E-state index >= 15 is 0 Å². The Bertz CT molecular complexity index is 85.0. The minimum atomic E-state index is -0.194. The second-order valence-electron chi connectivity index (χ2n) is 1.64. The van der Waals surface area contributed by atoms with Crippen molar-refractivity contribution in [3.63, 3.8) is 0 Å². The first-order chi connectivity index (χ1) is 3.85. The Balaban J connectivity index is 3.26. The predicted molar refractivity (Wildman–Crippen MR) is 31.3 cm³/mol. The zero-order chi connectivity index (χ0) is 6.41. The van der Waals surface area contributed by atoms with Crippen LogP contribution >= 0.6 is 0 Å². The molecule has 0 aromatic heterocycles. The van der Waals surface area contributed by atoms with Crippen molar-refractivity contribution >= 4 is 0 Å². The highest BCUT2D eigenvalue weighted by Crippen LogP contribution is 1.97. The topological polar surface area (TPSA) is 33.0 Å². The molecule has 0 aliphatic carbocycles. The summed E-state index contributed by atoms with van der Waals surface area (Å²) in [5, 5.41) is 8.28. The zero-order valence-electron chi connectivity index (χ0n) is 5.35. The van der Waals surface area contributed by atoms with Crippen molar-refractivity contribution in [1.82, 2.24) is 0 Å². The van der Waals surface area contributed by atoms with Crippen molar-refractivity contribution in [2.24, 2.45) is 0 Å². The molecule has 46 valence electrons. The van der Waals surface area contributed by atoms with Crippen LogP contribution < -0.4 is 0 Å². The average molecular weight is 113 g/mol. The third-order valence-electron chi connectivity index (χ3n) is 0.979. The molecule has 2 nitrogen and oxygen atoms in total. The molecule has 0 unspecified atom stereocenters. The fourth-order valence-corrected chi connectivity index (χ4v) is 0.497. The Morgan fingerprint density at radius 2 is 2.38 bits per heavy atom. The highest BCUT2D eigenvalue weighted by molar-refractivity contribution is 4.82. The molecule has 8 heavy (non-hydrogen) atoms. The molecule has 0 heterocycles. The Hall–Kier alpha value is -0.550. The van der Waals surface area contributed by atoms with E-state index < -0.39 is 0 Å². The summed E-state index contributed by atoms with van der Waals surface area (Å²) >= 11 is 0. The van der Waals surface area contributed by atoms with Crippen molar-refractivity contribution < 1.29 is 4.74 Å². The maximum absolute atomic E-state index is 8.28. The summed E-state index contributed by atoms with van der Waals surface area (Å²) in [6.45, 7) is 2.03. The third kappa shape index (κ3) is 2.59. The molecule has 2 heteroatoms. The second kappa shape index (κ2) is 4.61. The standard InChI is InChI=1S/C6H11NO/c1-3-4-6(5-7)8-2/h6H,3-4H2,1-2H3/t6-/m0/s1. The summed E-state index contributed by atoms with van der Waals surface area (Å²) < 4.78 is 4.78. The highest BCUT2D eigenvalue weighted by Gasteiger charge is 1.99. The Morgan fingerprint density at radius 1 is 1.75 bits per heavy atom. The van der Waals surface area contributed by atoms with Gasteiger partial charge in [-0.05, 0) is 6.42 Å². The molecular formula is C6H11NO. The van der Waals surface area contributed by atoms with Crippen LogP contribution in [0, 0.1) is 11.3 Å². The molecule has 0 spiro atoms. The molecule has 0 saturated carbocycles. The van der Waals surface area contributed by atoms with Gasteiger partial charge < -0.3 is 4.74 Å². The molecule has 1 atom stereocenters. The SMILES string of the molecule is CCC[C@@H](C#N)OC. The van der Waals surface area contributed by atoms with Gasteiger partial charge in [0.25, 0.3) is 0 Å². The van der Waals surface area contributed by atoms with Crippen molar-refractivity contribution in [2.45, 2.75) is 25.9 Å². The van der Waals surface area contributed by atoms with E-state index in [1.54, 1.807) is 7.11 Å². The number of nitriles is 1. The van der Waals surface area contributed by atoms with Crippen molar-refractivity contribution in [3.8, 4) is 6.07 Å². The van der Waals surface area contributed by atoms with Gasteiger partial charge in [-0.15, -0.1) is 0 Å². The molecule has 0 aliphatic heterocycles. The largest absolute Gasteiger partial charge is 0.367 e. The molecule has 0 fully saturated rings. The molecule has 0 aliphatic rings. The van der Waals surface area contributed by atoms with Crippen molar-refractivity contribution in [2.75, 3.05) is 7.11 Å². The molecule has 0 radical (unpaired) electrons. The lowest BCUT2D eigenvalue weighted by Crippen LogP contribution is -2.05. The van der Waals surface area contributed by atoms with E-state index in [1.165, 1.54) is 0 Å². The van der Waals surface area contributed by atoms with Crippen LogP contribution in [0.5, 0.6) is 0 Å². The van der Waals surface area contributed by atoms with Gasteiger partial charge in [0.2, 0.25) is 0 Å². The lowest BCUT2D eigenvalue weighted by Gasteiger charge is -2.01. The molecule has 0 bridgehead atoms. The van der Waals surface area contributed by atoms with Crippen LogP contribution in [0.1, 0.15) is 19.8 Å². The van der Waals surface area contributed by atoms with Crippen molar-refractivity contribution in [3.05, 3.63) is 0 Å². The average Bonchev–Trinajstić information content (AvgIpc) is 1.83. The summed E-state index contributed by atoms with van der Waals surface area (Å²) in [6.07, 6.45) is 1.65. The van der Waals surface area contributed by atoms with Crippen LogP contribution in [-0.2, 0) is 4.74 Å². The van der Waals surface area contributed by atoms with Gasteiger partial charge in [-0.3, -0.25) is 0 Å². The number of hydrogen-bond acceptors (Lipinski definition) is 2. The monoisotopic (exact) mass is 113 g/mol. The Kier molecular flexibility index (Phi) is 4.29. The summed E-state index contributed by atoms with van der Waals surface area (Å²) in [4.78, 5) is 0. The normalized spacial score (nSPS) is 12.6. The second-order valence-corrected chi connectivity index (χ2v) is 1.64. The van der Waals surface area contributed by atoms with E-state index in [2.05, 4.69) is 0 Å². The number of nitrogens with zero attached hydrogens (tertiary/aromatic N) is 1. The number of hydrogen-bond donors (Lipinski definition) is 0. The highest BCUT2D eigenvalue weighted by atomic mass is 16.5. The summed E-state index contributed by atoms with van der Waals surface area (Å²) in [5.41, 5.74) is 0. The van der Waals surface area contributed by atoms with Crippen LogP contribution in [-0.4, -0.2) is 13.2 Å².